The first-order valence-electron chi connectivity index (χ1n) is 7.28. The molecule has 2 heteroatoms. The number of benzene rings is 2. The first-order chi connectivity index (χ1) is 9.92. The van der Waals surface area contributed by atoms with Crippen molar-refractivity contribution in [3.8, 4) is 17.0 Å². The molecule has 3 aromatic rings. The Morgan fingerprint density at radius 2 is 1.95 bits per heavy atom. The zero-order valence-corrected chi connectivity index (χ0v) is 11.2. The van der Waals surface area contributed by atoms with Crippen LogP contribution in [0.15, 0.2) is 42.5 Å². The molecule has 0 radical (unpaired) electrons. The minimum absolute atomic E-state index is 0.825. The van der Waals surface area contributed by atoms with Crippen LogP contribution in [0.4, 0.5) is 0 Å². The molecule has 2 aliphatic heterocycles. The molecule has 1 aromatic heterocycles. The fraction of sp³-hybridized carbons (Fsp3) is 0.222. The number of fused-ring (bicyclic) bond motifs is 7. The lowest BCUT2D eigenvalue weighted by atomic mass is 9.92. The van der Waals surface area contributed by atoms with Gasteiger partial charge < -0.3 is 9.30 Å². The summed E-state index contributed by atoms with van der Waals surface area (Å²) in [5.41, 5.74) is 7.04. The second kappa shape index (κ2) is 3.66. The van der Waals surface area contributed by atoms with E-state index in [-0.39, 0.29) is 0 Å². The SMILES string of the molecule is c1ccc2c(c1)cc1n2CCc2ccc3c(c2-1)CCO3. The lowest BCUT2D eigenvalue weighted by Crippen LogP contribution is -2.11. The molecule has 98 valence electrons. The summed E-state index contributed by atoms with van der Waals surface area (Å²) in [4.78, 5) is 0. The van der Waals surface area contributed by atoms with E-state index in [4.69, 9.17) is 4.74 Å². The molecule has 20 heavy (non-hydrogen) atoms. The van der Waals surface area contributed by atoms with Gasteiger partial charge in [0, 0.05) is 40.7 Å². The first-order valence-corrected chi connectivity index (χ1v) is 7.28. The number of rotatable bonds is 0. The third kappa shape index (κ3) is 1.24. The molecular formula is C18H15NO. The molecule has 0 saturated heterocycles. The van der Waals surface area contributed by atoms with Gasteiger partial charge in [-0.2, -0.15) is 0 Å². The van der Waals surface area contributed by atoms with Crippen LogP contribution in [0, 0.1) is 0 Å². The lowest BCUT2D eigenvalue weighted by Gasteiger charge is -2.22. The van der Waals surface area contributed by atoms with Crippen molar-refractivity contribution in [3.63, 3.8) is 0 Å². The van der Waals surface area contributed by atoms with Crippen molar-refractivity contribution in [2.45, 2.75) is 19.4 Å². The van der Waals surface area contributed by atoms with E-state index in [1.165, 1.54) is 33.3 Å². The number of hydrogen-bond acceptors (Lipinski definition) is 1. The molecule has 0 bridgehead atoms. The van der Waals surface area contributed by atoms with Crippen LogP contribution in [0.5, 0.6) is 5.75 Å². The maximum atomic E-state index is 5.74. The van der Waals surface area contributed by atoms with Crippen molar-refractivity contribution < 1.29 is 4.74 Å². The Kier molecular flexibility index (Phi) is 1.93. The van der Waals surface area contributed by atoms with Gasteiger partial charge in [0.1, 0.15) is 5.75 Å². The Hall–Kier alpha value is -2.22. The Labute approximate surface area is 117 Å². The van der Waals surface area contributed by atoms with Crippen LogP contribution >= 0.6 is 0 Å². The van der Waals surface area contributed by atoms with E-state index in [1.54, 1.807) is 0 Å². The average molecular weight is 261 g/mol. The van der Waals surface area contributed by atoms with Gasteiger partial charge in [-0.05, 0) is 30.2 Å². The monoisotopic (exact) mass is 261 g/mol. The molecule has 2 aromatic carbocycles. The molecule has 0 N–H and O–H groups in total. The zero-order chi connectivity index (χ0) is 13.1. The van der Waals surface area contributed by atoms with Crippen molar-refractivity contribution in [1.29, 1.82) is 0 Å². The first kappa shape index (κ1) is 10.6. The van der Waals surface area contributed by atoms with E-state index < -0.39 is 0 Å². The van der Waals surface area contributed by atoms with Crippen LogP contribution in [0.1, 0.15) is 11.1 Å². The lowest BCUT2D eigenvalue weighted by molar-refractivity contribution is 0.357. The molecule has 0 amide bonds. The van der Waals surface area contributed by atoms with E-state index in [1.807, 2.05) is 0 Å². The predicted octanol–water partition coefficient (Wildman–Crippen LogP) is 3.80. The number of para-hydroxylation sites is 1. The minimum Gasteiger partial charge on any atom is -0.493 e. The van der Waals surface area contributed by atoms with E-state index in [0.29, 0.717) is 0 Å². The van der Waals surface area contributed by atoms with Gasteiger partial charge in [0.25, 0.3) is 0 Å². The van der Waals surface area contributed by atoms with E-state index >= 15 is 0 Å². The fourth-order valence-electron chi connectivity index (χ4n) is 3.74. The Morgan fingerprint density at radius 1 is 1.00 bits per heavy atom. The van der Waals surface area contributed by atoms with Crippen LogP contribution < -0.4 is 4.74 Å². The maximum absolute atomic E-state index is 5.74. The van der Waals surface area contributed by atoms with Crippen LogP contribution in [0.2, 0.25) is 0 Å². The number of aromatic nitrogens is 1. The highest BCUT2D eigenvalue weighted by atomic mass is 16.5. The molecule has 2 aliphatic rings. The maximum Gasteiger partial charge on any atom is 0.123 e. The Balaban J connectivity index is 1.89. The summed E-state index contributed by atoms with van der Waals surface area (Å²) in [5.74, 6) is 1.09. The summed E-state index contributed by atoms with van der Waals surface area (Å²) < 4.78 is 8.21. The third-order valence-corrected chi connectivity index (χ3v) is 4.64. The highest BCUT2D eigenvalue weighted by Crippen LogP contribution is 2.42. The smallest absolute Gasteiger partial charge is 0.123 e. The molecule has 0 saturated carbocycles. The minimum atomic E-state index is 0.825. The van der Waals surface area contributed by atoms with Gasteiger partial charge >= 0.3 is 0 Å². The van der Waals surface area contributed by atoms with Crippen molar-refractivity contribution in [2.24, 2.45) is 0 Å². The highest BCUT2D eigenvalue weighted by Gasteiger charge is 2.25. The topological polar surface area (TPSA) is 14.2 Å². The standard InChI is InChI=1S/C18H15NO/c1-2-4-15-13(3-1)11-16-18-12(7-9-19(15)16)5-6-17-14(18)8-10-20-17/h1-6,11H,7-10H2. The molecule has 2 nitrogen and oxygen atoms in total. The largest absolute Gasteiger partial charge is 0.493 e. The van der Waals surface area contributed by atoms with Gasteiger partial charge in [0.2, 0.25) is 0 Å². The summed E-state index contributed by atoms with van der Waals surface area (Å²) in [5, 5.41) is 1.34. The van der Waals surface area contributed by atoms with Gasteiger partial charge in [0.15, 0.2) is 0 Å². The third-order valence-electron chi connectivity index (χ3n) is 4.64. The van der Waals surface area contributed by atoms with E-state index in [0.717, 1.165) is 31.7 Å². The van der Waals surface area contributed by atoms with Crippen LogP contribution in [0.25, 0.3) is 22.2 Å². The number of aryl methyl sites for hydroxylation is 2. The highest BCUT2D eigenvalue weighted by molar-refractivity contribution is 5.89. The van der Waals surface area contributed by atoms with E-state index in [9.17, 15) is 0 Å². The van der Waals surface area contributed by atoms with Gasteiger partial charge in [-0.25, -0.2) is 0 Å². The normalized spacial score (nSPS) is 15.6. The predicted molar refractivity (Wildman–Crippen MR) is 80.3 cm³/mol. The molecule has 0 fully saturated rings. The molecule has 5 rings (SSSR count). The van der Waals surface area contributed by atoms with Crippen LogP contribution in [-0.2, 0) is 19.4 Å². The Bertz CT molecular complexity index is 844. The van der Waals surface area contributed by atoms with Gasteiger partial charge in [0.05, 0.1) is 6.61 Å². The molecule has 0 aliphatic carbocycles. The van der Waals surface area contributed by atoms with Crippen molar-refractivity contribution >= 4 is 10.9 Å². The van der Waals surface area contributed by atoms with Crippen LogP contribution in [-0.4, -0.2) is 11.2 Å². The van der Waals surface area contributed by atoms with E-state index in [2.05, 4.69) is 47.0 Å². The molecule has 0 atom stereocenters. The van der Waals surface area contributed by atoms with Gasteiger partial charge in [-0.3, -0.25) is 0 Å². The zero-order valence-electron chi connectivity index (χ0n) is 11.2. The van der Waals surface area contributed by atoms with Crippen molar-refractivity contribution in [1.82, 2.24) is 4.57 Å². The summed E-state index contributed by atoms with van der Waals surface area (Å²) in [6.45, 7) is 1.90. The average Bonchev–Trinajstić information content (AvgIpc) is 3.10. The number of nitrogens with zero attached hydrogens (tertiary/aromatic N) is 1. The molecular weight excluding hydrogens is 246 g/mol. The van der Waals surface area contributed by atoms with Crippen molar-refractivity contribution in [2.75, 3.05) is 6.61 Å². The van der Waals surface area contributed by atoms with Crippen LogP contribution in [0.3, 0.4) is 0 Å². The molecule has 0 unspecified atom stereocenters. The molecule has 3 heterocycles. The summed E-state index contributed by atoms with van der Waals surface area (Å²) in [6, 6.07) is 15.4. The van der Waals surface area contributed by atoms with Crippen molar-refractivity contribution in [3.05, 3.63) is 53.6 Å². The second-order valence-electron chi connectivity index (χ2n) is 5.66. The molecule has 0 spiro atoms. The quantitative estimate of drug-likeness (QED) is 0.600. The summed E-state index contributed by atoms with van der Waals surface area (Å²) >= 11 is 0. The fourth-order valence-corrected chi connectivity index (χ4v) is 3.74. The summed E-state index contributed by atoms with van der Waals surface area (Å²) in [7, 11) is 0. The Morgan fingerprint density at radius 3 is 2.95 bits per heavy atom. The van der Waals surface area contributed by atoms with Gasteiger partial charge in [-0.1, -0.05) is 24.3 Å². The second-order valence-corrected chi connectivity index (χ2v) is 5.66. The number of ether oxygens (including phenoxy) is 1. The number of hydrogen-bond donors (Lipinski definition) is 0. The van der Waals surface area contributed by atoms with Gasteiger partial charge in [-0.15, -0.1) is 0 Å². The summed E-state index contributed by atoms with van der Waals surface area (Å²) in [6.07, 6.45) is 2.16.